The molecule has 5 heteroatoms. The molecule has 2 aliphatic carbocycles. The number of aromatic amines is 1. The number of ketones is 1. The molecule has 0 saturated heterocycles. The molecule has 5 nitrogen and oxygen atoms in total. The van der Waals surface area contributed by atoms with Gasteiger partial charge in [-0.3, -0.25) is 9.59 Å². The molecular weight excluding hydrogens is 278 g/mol. The molecule has 118 valence electrons. The number of Topliss-reactive ketones (excluding diaryl/α,β-unsaturated/α-hetero) is 1. The fraction of sp³-hybridized carbons (Fsp3) is 0.588. The third-order valence-electron chi connectivity index (χ3n) is 6.14. The molecule has 1 aromatic heterocycles. The Balaban J connectivity index is 1.75. The average Bonchev–Trinajstić information content (AvgIpc) is 3.07. The van der Waals surface area contributed by atoms with E-state index in [1.807, 2.05) is 0 Å². The Hall–Kier alpha value is -1.91. The molecule has 2 aliphatic rings. The van der Waals surface area contributed by atoms with Crippen LogP contribution in [0.2, 0.25) is 0 Å². The van der Waals surface area contributed by atoms with Crippen molar-refractivity contribution in [1.29, 1.82) is 0 Å². The Bertz CT molecular complexity index is 671. The van der Waals surface area contributed by atoms with E-state index in [9.17, 15) is 9.59 Å². The van der Waals surface area contributed by atoms with Crippen molar-refractivity contribution in [2.75, 3.05) is 0 Å². The molecule has 0 spiro atoms. The van der Waals surface area contributed by atoms with Gasteiger partial charge in [0, 0.05) is 22.9 Å². The molecule has 2 saturated carbocycles. The highest BCUT2D eigenvalue weighted by Gasteiger charge is 2.60. The molecule has 0 aromatic carbocycles. The van der Waals surface area contributed by atoms with E-state index in [0.717, 1.165) is 18.6 Å². The van der Waals surface area contributed by atoms with Gasteiger partial charge in [0.1, 0.15) is 5.69 Å². The standard InChI is InChI=1S/C17H23N3O2/c1-10(21)11-7-13(18-9-11)15(22)20-19-14-8-12-5-6-17(14,4)16(12,2)3/h7,9,12,18H,5-6,8H2,1-4H3,(H,20,22)/b19-14-/t12-,17-/m1/s1. The van der Waals surface area contributed by atoms with Crippen LogP contribution >= 0.6 is 0 Å². The summed E-state index contributed by atoms with van der Waals surface area (Å²) in [7, 11) is 0. The summed E-state index contributed by atoms with van der Waals surface area (Å²) in [5.74, 6) is 0.288. The van der Waals surface area contributed by atoms with Crippen LogP contribution < -0.4 is 5.43 Å². The molecule has 2 atom stereocenters. The van der Waals surface area contributed by atoms with Gasteiger partial charge >= 0.3 is 0 Å². The maximum atomic E-state index is 12.1. The zero-order chi connectivity index (χ0) is 16.1. The number of aromatic nitrogens is 1. The van der Waals surface area contributed by atoms with Crippen molar-refractivity contribution in [2.45, 2.75) is 47.0 Å². The van der Waals surface area contributed by atoms with Crippen LogP contribution in [0.25, 0.3) is 0 Å². The van der Waals surface area contributed by atoms with Crippen LogP contribution in [0.5, 0.6) is 0 Å². The quantitative estimate of drug-likeness (QED) is 0.665. The molecule has 0 unspecified atom stereocenters. The third-order valence-corrected chi connectivity index (χ3v) is 6.14. The first-order valence-electron chi connectivity index (χ1n) is 7.82. The minimum Gasteiger partial charge on any atom is -0.356 e. The minimum absolute atomic E-state index is 0.0658. The summed E-state index contributed by atoms with van der Waals surface area (Å²) in [5.41, 5.74) is 4.93. The Morgan fingerprint density at radius 1 is 1.36 bits per heavy atom. The molecule has 0 aliphatic heterocycles. The topological polar surface area (TPSA) is 74.3 Å². The highest BCUT2D eigenvalue weighted by atomic mass is 16.2. The minimum atomic E-state index is -0.302. The van der Waals surface area contributed by atoms with Gasteiger partial charge in [0.15, 0.2) is 5.78 Å². The summed E-state index contributed by atoms with van der Waals surface area (Å²) in [6, 6.07) is 1.56. The van der Waals surface area contributed by atoms with Gasteiger partial charge < -0.3 is 4.98 Å². The van der Waals surface area contributed by atoms with Crippen LogP contribution in [-0.4, -0.2) is 22.4 Å². The number of nitrogens with zero attached hydrogens (tertiary/aromatic N) is 1. The molecule has 22 heavy (non-hydrogen) atoms. The number of carbonyl (C=O) groups is 2. The number of fused-ring (bicyclic) bond motifs is 2. The molecule has 2 N–H and O–H groups in total. The van der Waals surface area contributed by atoms with Gasteiger partial charge in [0.05, 0.1) is 0 Å². The number of H-pyrrole nitrogens is 1. The molecule has 2 fully saturated rings. The lowest BCUT2D eigenvalue weighted by Crippen LogP contribution is -2.34. The highest BCUT2D eigenvalue weighted by Crippen LogP contribution is 2.63. The number of carbonyl (C=O) groups excluding carboxylic acids is 2. The van der Waals surface area contributed by atoms with E-state index in [0.29, 0.717) is 17.2 Å². The van der Waals surface area contributed by atoms with Crippen molar-refractivity contribution >= 4 is 17.4 Å². The first-order chi connectivity index (χ1) is 10.3. The number of rotatable bonds is 3. The first-order valence-corrected chi connectivity index (χ1v) is 7.82. The first kappa shape index (κ1) is 15.0. The predicted octanol–water partition coefficient (Wildman–Crippen LogP) is 3.15. The fourth-order valence-corrected chi connectivity index (χ4v) is 4.00. The number of hydrazone groups is 1. The van der Waals surface area contributed by atoms with Gasteiger partial charge in [0.25, 0.3) is 5.91 Å². The average molecular weight is 301 g/mol. The number of amides is 1. The van der Waals surface area contributed by atoms with Crippen molar-refractivity contribution in [3.63, 3.8) is 0 Å². The Morgan fingerprint density at radius 3 is 2.59 bits per heavy atom. The van der Waals surface area contributed by atoms with Crippen LogP contribution in [0.1, 0.15) is 67.8 Å². The SMILES string of the molecule is CC(=O)c1c[nH]c(C(=O)N/N=C2/C[C@H]3CC[C@@]2(C)C3(C)C)c1. The van der Waals surface area contributed by atoms with Gasteiger partial charge in [-0.05, 0) is 43.6 Å². The lowest BCUT2D eigenvalue weighted by molar-refractivity contribution is 0.0949. The Morgan fingerprint density at radius 2 is 2.09 bits per heavy atom. The van der Waals surface area contributed by atoms with E-state index in [1.54, 1.807) is 12.3 Å². The molecule has 1 aromatic rings. The number of nitrogens with one attached hydrogen (secondary N) is 2. The third kappa shape index (κ3) is 2.02. The van der Waals surface area contributed by atoms with Gasteiger partial charge in [-0.1, -0.05) is 20.8 Å². The van der Waals surface area contributed by atoms with Crippen LogP contribution in [0.15, 0.2) is 17.4 Å². The van der Waals surface area contributed by atoms with Crippen molar-refractivity contribution in [2.24, 2.45) is 21.8 Å². The maximum absolute atomic E-state index is 12.1. The maximum Gasteiger partial charge on any atom is 0.287 e. The zero-order valence-corrected chi connectivity index (χ0v) is 13.6. The second kappa shape index (κ2) is 4.80. The lowest BCUT2D eigenvalue weighted by Gasteiger charge is -2.34. The summed E-state index contributed by atoms with van der Waals surface area (Å²) in [6.45, 7) is 8.34. The summed E-state index contributed by atoms with van der Waals surface area (Å²) < 4.78 is 0. The normalized spacial score (nSPS) is 30.7. The molecular formula is C17H23N3O2. The monoisotopic (exact) mass is 301 g/mol. The summed E-state index contributed by atoms with van der Waals surface area (Å²) in [5, 5.41) is 4.42. The van der Waals surface area contributed by atoms with Gasteiger partial charge in [-0.2, -0.15) is 5.10 Å². The second-order valence-corrected chi connectivity index (χ2v) is 7.35. The van der Waals surface area contributed by atoms with E-state index in [4.69, 9.17) is 0 Å². The Labute approximate surface area is 130 Å². The highest BCUT2D eigenvalue weighted by molar-refractivity contribution is 6.00. The van der Waals surface area contributed by atoms with Gasteiger partial charge in [-0.25, -0.2) is 5.43 Å². The smallest absolute Gasteiger partial charge is 0.287 e. The van der Waals surface area contributed by atoms with E-state index < -0.39 is 0 Å². The van der Waals surface area contributed by atoms with Crippen molar-refractivity contribution < 1.29 is 9.59 Å². The van der Waals surface area contributed by atoms with Crippen LogP contribution in [0.4, 0.5) is 0 Å². The van der Waals surface area contributed by atoms with Gasteiger partial charge in [-0.15, -0.1) is 0 Å². The van der Waals surface area contributed by atoms with Crippen LogP contribution in [-0.2, 0) is 0 Å². The van der Waals surface area contributed by atoms with E-state index in [1.165, 1.54) is 13.3 Å². The van der Waals surface area contributed by atoms with Gasteiger partial charge in [0.2, 0.25) is 0 Å². The lowest BCUT2D eigenvalue weighted by atomic mass is 9.70. The summed E-state index contributed by atoms with van der Waals surface area (Å²) in [4.78, 5) is 26.2. The second-order valence-electron chi connectivity index (χ2n) is 7.35. The summed E-state index contributed by atoms with van der Waals surface area (Å²) >= 11 is 0. The van der Waals surface area contributed by atoms with Crippen molar-refractivity contribution in [3.8, 4) is 0 Å². The molecule has 0 radical (unpaired) electrons. The molecule has 2 bridgehead atoms. The van der Waals surface area contributed by atoms with Crippen LogP contribution in [0, 0.1) is 16.7 Å². The van der Waals surface area contributed by atoms with Crippen molar-refractivity contribution in [1.82, 2.24) is 10.4 Å². The zero-order valence-electron chi connectivity index (χ0n) is 13.6. The molecule has 3 rings (SSSR count). The molecule has 1 amide bonds. The van der Waals surface area contributed by atoms with E-state index in [-0.39, 0.29) is 22.5 Å². The largest absolute Gasteiger partial charge is 0.356 e. The van der Waals surface area contributed by atoms with Crippen LogP contribution in [0.3, 0.4) is 0 Å². The molecule has 1 heterocycles. The number of hydrogen-bond donors (Lipinski definition) is 2. The Kier molecular flexibility index (Phi) is 3.27. The summed E-state index contributed by atoms with van der Waals surface area (Å²) in [6.07, 6.45) is 4.89. The number of hydrogen-bond acceptors (Lipinski definition) is 3. The van der Waals surface area contributed by atoms with Crippen molar-refractivity contribution in [3.05, 3.63) is 23.5 Å². The predicted molar refractivity (Wildman–Crippen MR) is 84.9 cm³/mol. The fourth-order valence-electron chi connectivity index (χ4n) is 4.00. The van der Waals surface area contributed by atoms with E-state index >= 15 is 0 Å². The van der Waals surface area contributed by atoms with E-state index in [2.05, 4.69) is 36.3 Å².